The molecule has 1 aromatic rings. The number of hydrogen-bond acceptors (Lipinski definition) is 3. The molecule has 1 fully saturated rings. The molecule has 1 unspecified atom stereocenters. The zero-order valence-electron chi connectivity index (χ0n) is 10.3. The van der Waals surface area contributed by atoms with Gasteiger partial charge in [-0.1, -0.05) is 0 Å². The molecule has 0 aromatic carbocycles. The molecule has 2 rings (SSSR count). The van der Waals surface area contributed by atoms with Crippen LogP contribution in [0.25, 0.3) is 0 Å². The molecule has 18 heavy (non-hydrogen) atoms. The first-order valence-electron chi connectivity index (χ1n) is 5.98. The summed E-state index contributed by atoms with van der Waals surface area (Å²) >= 11 is 2.15. The largest absolute Gasteiger partial charge is 0.477 e. The summed E-state index contributed by atoms with van der Waals surface area (Å²) in [6.07, 6.45) is 1.90. The topological polar surface area (TPSA) is 54.7 Å². The number of carbonyl (C=O) groups is 1. The van der Waals surface area contributed by atoms with Gasteiger partial charge in [-0.15, -0.1) is 0 Å². The molecule has 1 aliphatic heterocycles. The van der Waals surface area contributed by atoms with E-state index < -0.39 is 5.97 Å². The predicted molar refractivity (Wildman–Crippen MR) is 76.1 cm³/mol. The molecule has 6 heteroatoms. The Morgan fingerprint density at radius 3 is 2.83 bits per heavy atom. The van der Waals surface area contributed by atoms with Gasteiger partial charge in [-0.25, -0.2) is 4.79 Å². The first-order valence-corrected chi connectivity index (χ1v) is 7.06. The van der Waals surface area contributed by atoms with Crippen molar-refractivity contribution in [1.29, 1.82) is 0 Å². The summed E-state index contributed by atoms with van der Waals surface area (Å²) in [5.74, 6) is -0.869. The highest BCUT2D eigenvalue weighted by atomic mass is 127. The Bertz CT molecular complexity index is 427. The molecule has 0 radical (unpaired) electrons. The minimum absolute atomic E-state index is 0.151. The highest BCUT2D eigenvalue weighted by molar-refractivity contribution is 14.1. The standard InChI is InChI=1S/C12H17IN2O3/c1-9(7-14-2-4-18-5-3-14)15-8-10(13)6-11(15)12(16)17/h6,8-9H,2-5,7H2,1H3,(H,16,17). The quantitative estimate of drug-likeness (QED) is 0.827. The summed E-state index contributed by atoms with van der Waals surface area (Å²) < 4.78 is 8.11. The zero-order valence-corrected chi connectivity index (χ0v) is 12.5. The van der Waals surface area contributed by atoms with Crippen molar-refractivity contribution in [1.82, 2.24) is 9.47 Å². The molecule has 1 aliphatic rings. The number of nitrogens with zero attached hydrogens (tertiary/aromatic N) is 2. The van der Waals surface area contributed by atoms with Crippen molar-refractivity contribution >= 4 is 28.6 Å². The van der Waals surface area contributed by atoms with Crippen LogP contribution in [0.3, 0.4) is 0 Å². The van der Waals surface area contributed by atoms with E-state index in [1.807, 2.05) is 10.8 Å². The number of aromatic nitrogens is 1. The lowest BCUT2D eigenvalue weighted by Crippen LogP contribution is -2.39. The second-order valence-corrected chi connectivity index (χ2v) is 5.76. The minimum Gasteiger partial charge on any atom is -0.477 e. The summed E-state index contributed by atoms with van der Waals surface area (Å²) in [6.45, 7) is 6.28. The van der Waals surface area contributed by atoms with Gasteiger partial charge in [0.05, 0.1) is 13.2 Å². The fourth-order valence-electron chi connectivity index (χ4n) is 2.23. The highest BCUT2D eigenvalue weighted by Gasteiger charge is 2.19. The molecular formula is C12H17IN2O3. The molecule has 1 aromatic heterocycles. The van der Waals surface area contributed by atoms with Crippen LogP contribution in [0, 0.1) is 3.57 Å². The molecule has 0 saturated carbocycles. The van der Waals surface area contributed by atoms with Gasteiger partial charge < -0.3 is 14.4 Å². The fraction of sp³-hybridized carbons (Fsp3) is 0.583. The van der Waals surface area contributed by atoms with E-state index in [4.69, 9.17) is 4.74 Å². The Hall–Kier alpha value is -0.600. The fourth-order valence-corrected chi connectivity index (χ4v) is 2.82. The van der Waals surface area contributed by atoms with Crippen molar-refractivity contribution in [3.63, 3.8) is 0 Å². The average Bonchev–Trinajstić information content (AvgIpc) is 2.73. The van der Waals surface area contributed by atoms with Gasteiger partial charge >= 0.3 is 5.97 Å². The van der Waals surface area contributed by atoms with Crippen LogP contribution in [-0.2, 0) is 4.74 Å². The van der Waals surface area contributed by atoms with E-state index in [0.29, 0.717) is 5.69 Å². The number of ether oxygens (including phenoxy) is 1. The van der Waals surface area contributed by atoms with Gasteiger partial charge in [0.25, 0.3) is 0 Å². The Balaban J connectivity index is 2.07. The van der Waals surface area contributed by atoms with Gasteiger partial charge in [0, 0.05) is 35.4 Å². The van der Waals surface area contributed by atoms with Crippen molar-refractivity contribution < 1.29 is 14.6 Å². The lowest BCUT2D eigenvalue weighted by molar-refractivity contribution is 0.0321. The average molecular weight is 364 g/mol. The molecule has 0 aliphatic carbocycles. The monoisotopic (exact) mass is 364 g/mol. The Morgan fingerprint density at radius 2 is 2.22 bits per heavy atom. The third-order valence-electron chi connectivity index (χ3n) is 3.14. The van der Waals surface area contributed by atoms with Crippen molar-refractivity contribution in [2.45, 2.75) is 13.0 Å². The Labute approximate surface area is 120 Å². The van der Waals surface area contributed by atoms with Gasteiger partial charge in [-0.3, -0.25) is 4.90 Å². The van der Waals surface area contributed by atoms with Crippen LogP contribution < -0.4 is 0 Å². The van der Waals surface area contributed by atoms with E-state index in [-0.39, 0.29) is 6.04 Å². The first-order chi connectivity index (χ1) is 8.58. The maximum atomic E-state index is 11.2. The van der Waals surface area contributed by atoms with Gasteiger partial charge in [0.15, 0.2) is 0 Å². The number of carboxylic acids is 1. The zero-order chi connectivity index (χ0) is 13.1. The SMILES string of the molecule is CC(CN1CCOCC1)n1cc(I)cc1C(=O)O. The second kappa shape index (κ2) is 6.03. The highest BCUT2D eigenvalue weighted by Crippen LogP contribution is 2.18. The molecule has 1 saturated heterocycles. The number of halogens is 1. The molecule has 0 bridgehead atoms. The lowest BCUT2D eigenvalue weighted by atomic mass is 10.2. The number of carboxylic acid groups (broad SMARTS) is 1. The molecule has 5 nitrogen and oxygen atoms in total. The van der Waals surface area contributed by atoms with Crippen molar-refractivity contribution in [3.05, 3.63) is 21.5 Å². The molecular weight excluding hydrogens is 347 g/mol. The molecule has 1 N–H and O–H groups in total. The lowest BCUT2D eigenvalue weighted by Gasteiger charge is -2.30. The number of aromatic carboxylic acids is 1. The number of hydrogen-bond donors (Lipinski definition) is 1. The van der Waals surface area contributed by atoms with Gasteiger partial charge in [-0.2, -0.15) is 0 Å². The third kappa shape index (κ3) is 3.24. The summed E-state index contributed by atoms with van der Waals surface area (Å²) in [7, 11) is 0. The summed E-state index contributed by atoms with van der Waals surface area (Å²) in [6, 6.07) is 1.86. The summed E-state index contributed by atoms with van der Waals surface area (Å²) in [5.41, 5.74) is 0.361. The van der Waals surface area contributed by atoms with Crippen molar-refractivity contribution in [2.75, 3.05) is 32.8 Å². The van der Waals surface area contributed by atoms with E-state index in [9.17, 15) is 9.90 Å². The van der Waals surface area contributed by atoms with Crippen LogP contribution >= 0.6 is 22.6 Å². The third-order valence-corrected chi connectivity index (χ3v) is 3.73. The molecule has 0 spiro atoms. The van der Waals surface area contributed by atoms with Crippen LogP contribution in [-0.4, -0.2) is 53.4 Å². The van der Waals surface area contributed by atoms with Gasteiger partial charge in [-0.05, 0) is 35.6 Å². The smallest absolute Gasteiger partial charge is 0.352 e. The van der Waals surface area contributed by atoms with Crippen LogP contribution in [0.4, 0.5) is 0 Å². The van der Waals surface area contributed by atoms with Crippen LogP contribution in [0.5, 0.6) is 0 Å². The van der Waals surface area contributed by atoms with Crippen LogP contribution in [0.1, 0.15) is 23.5 Å². The van der Waals surface area contributed by atoms with E-state index >= 15 is 0 Å². The number of rotatable bonds is 4. The second-order valence-electron chi connectivity index (χ2n) is 4.52. The van der Waals surface area contributed by atoms with Crippen LogP contribution in [0.2, 0.25) is 0 Å². The van der Waals surface area contributed by atoms with Gasteiger partial charge in [0.1, 0.15) is 5.69 Å². The molecule has 2 heterocycles. The normalized spacial score (nSPS) is 18.8. The molecule has 1 atom stereocenters. The first kappa shape index (κ1) is 13.8. The van der Waals surface area contributed by atoms with Crippen LogP contribution in [0.15, 0.2) is 12.3 Å². The van der Waals surface area contributed by atoms with E-state index in [2.05, 4.69) is 34.4 Å². The van der Waals surface area contributed by atoms with Gasteiger partial charge in [0.2, 0.25) is 0 Å². The van der Waals surface area contributed by atoms with E-state index in [1.165, 1.54) is 0 Å². The summed E-state index contributed by atoms with van der Waals surface area (Å²) in [5, 5.41) is 9.18. The van der Waals surface area contributed by atoms with E-state index in [0.717, 1.165) is 36.4 Å². The Morgan fingerprint density at radius 1 is 1.56 bits per heavy atom. The molecule has 100 valence electrons. The predicted octanol–water partition coefficient (Wildman–Crippen LogP) is 1.68. The van der Waals surface area contributed by atoms with E-state index in [1.54, 1.807) is 6.07 Å². The minimum atomic E-state index is -0.869. The van der Waals surface area contributed by atoms with Crippen molar-refractivity contribution in [2.24, 2.45) is 0 Å². The van der Waals surface area contributed by atoms with Crippen molar-refractivity contribution in [3.8, 4) is 0 Å². The summed E-state index contributed by atoms with van der Waals surface area (Å²) in [4.78, 5) is 13.5. The maximum absolute atomic E-state index is 11.2. The number of morpholine rings is 1. The Kier molecular flexibility index (Phi) is 4.63. The maximum Gasteiger partial charge on any atom is 0.352 e. The molecule has 0 amide bonds.